The van der Waals surface area contributed by atoms with E-state index in [4.69, 9.17) is 0 Å². The maximum Gasteiger partial charge on any atom is 0.351 e. The minimum absolute atomic E-state index is 0.0834. The van der Waals surface area contributed by atoms with E-state index in [9.17, 15) is 39.5 Å². The SMILES string of the molecule is C=CC(F)=C(F)F.F/C(=C\CBr)C(F)(F)Br.FC(F)=C(F)CCBr. The normalized spacial score (nSPS) is 10.6. The molecule has 0 spiro atoms. The van der Waals surface area contributed by atoms with E-state index in [0.29, 0.717) is 6.08 Å². The third-order valence-corrected chi connectivity index (χ3v) is 2.50. The highest BCUT2D eigenvalue weighted by Crippen LogP contribution is 2.31. The van der Waals surface area contributed by atoms with Gasteiger partial charge in [0.05, 0.1) is 0 Å². The summed E-state index contributed by atoms with van der Waals surface area (Å²) in [5.74, 6) is -4.36. The van der Waals surface area contributed by atoms with Gasteiger partial charge in [-0.25, -0.2) is 13.2 Å². The fourth-order valence-electron chi connectivity index (χ4n) is 0.438. The Balaban J connectivity index is -0.000000278. The van der Waals surface area contributed by atoms with Gasteiger partial charge in [-0.2, -0.15) is 26.3 Å². The molecule has 0 saturated heterocycles. The van der Waals surface area contributed by atoms with E-state index < -0.39 is 34.5 Å². The molecule has 12 heteroatoms. The molecule has 0 bridgehead atoms. The van der Waals surface area contributed by atoms with E-state index >= 15 is 0 Å². The first-order valence-corrected chi connectivity index (χ1v) is 8.46. The van der Waals surface area contributed by atoms with Gasteiger partial charge in [0.1, 0.15) is 0 Å². The Morgan fingerprint density at radius 1 is 0.917 bits per heavy atom. The van der Waals surface area contributed by atoms with Crippen molar-refractivity contribution in [1.29, 1.82) is 0 Å². The fraction of sp³-hybridized carbons (Fsp3) is 0.333. The van der Waals surface area contributed by atoms with E-state index in [1.54, 1.807) is 0 Å². The smallest absolute Gasteiger partial charge is 0.206 e. The Morgan fingerprint density at radius 3 is 1.46 bits per heavy atom. The molecule has 0 radical (unpaired) electrons. The van der Waals surface area contributed by atoms with Gasteiger partial charge in [-0.3, -0.25) is 0 Å². The molecule has 0 nitrogen and oxygen atoms in total. The molecule has 0 aliphatic rings. The molecule has 0 rings (SSSR count). The molecule has 0 fully saturated rings. The summed E-state index contributed by atoms with van der Waals surface area (Å²) < 4.78 is 102. The van der Waals surface area contributed by atoms with Crippen LogP contribution in [0.5, 0.6) is 0 Å². The maximum atomic E-state index is 11.9. The molecule has 0 heterocycles. The van der Waals surface area contributed by atoms with Crippen molar-refractivity contribution < 1.29 is 39.5 Å². The molecule has 0 N–H and O–H groups in total. The number of halogens is 12. The van der Waals surface area contributed by atoms with Crippen LogP contribution >= 0.6 is 47.8 Å². The average molecular weight is 565 g/mol. The summed E-state index contributed by atoms with van der Waals surface area (Å²) >= 11 is 7.43. The Morgan fingerprint density at radius 2 is 1.38 bits per heavy atom. The molecule has 0 unspecified atom stereocenters. The van der Waals surface area contributed by atoms with Gasteiger partial charge in [0.15, 0.2) is 17.5 Å². The lowest BCUT2D eigenvalue weighted by Gasteiger charge is -2.02. The van der Waals surface area contributed by atoms with Crippen LogP contribution in [0.1, 0.15) is 6.42 Å². The van der Waals surface area contributed by atoms with Crippen LogP contribution in [0.3, 0.4) is 0 Å². The van der Waals surface area contributed by atoms with Crippen LogP contribution in [-0.2, 0) is 0 Å². The van der Waals surface area contributed by atoms with E-state index in [1.807, 2.05) is 15.9 Å². The molecule has 0 aliphatic heterocycles. The first-order valence-electron chi connectivity index (χ1n) is 5.42. The number of hydrogen-bond acceptors (Lipinski definition) is 0. The van der Waals surface area contributed by atoms with Gasteiger partial charge in [-0.05, 0) is 28.1 Å². The maximum absolute atomic E-state index is 11.9. The summed E-state index contributed by atoms with van der Waals surface area (Å²) in [7, 11) is 0. The number of allylic oxidation sites excluding steroid dienone is 5. The zero-order chi connectivity index (χ0) is 19.9. The zero-order valence-corrected chi connectivity index (χ0v) is 16.3. The standard InChI is InChI=1S/C4H3Br2F3.C4H4BrF3.C4H3F3/c5-2-1-3(7)4(6,8)9;5-2-1-3(6)4(7)8;1-2-3(5)4(6)7/h1H,2H2;1-2H2;2H,1H2/b3-1-;;. The lowest BCUT2D eigenvalue weighted by Crippen LogP contribution is -2.04. The second-order valence-corrected chi connectivity index (χ2v) is 5.56. The topological polar surface area (TPSA) is 0 Å². The largest absolute Gasteiger partial charge is 0.351 e. The van der Waals surface area contributed by atoms with Crippen LogP contribution in [0.2, 0.25) is 0 Å². The van der Waals surface area contributed by atoms with Crippen molar-refractivity contribution in [2.75, 3.05) is 10.7 Å². The van der Waals surface area contributed by atoms with Crippen molar-refractivity contribution in [1.82, 2.24) is 0 Å². The highest BCUT2D eigenvalue weighted by atomic mass is 79.9. The Kier molecular flexibility index (Phi) is 19.3. The van der Waals surface area contributed by atoms with Gasteiger partial charge in [0, 0.05) is 17.1 Å². The highest BCUT2D eigenvalue weighted by Gasteiger charge is 2.30. The molecule has 0 aromatic rings. The van der Waals surface area contributed by atoms with Crippen LogP contribution in [0.15, 0.2) is 48.4 Å². The monoisotopic (exact) mass is 562 g/mol. The molecule has 142 valence electrons. The molecular weight excluding hydrogens is 555 g/mol. The van der Waals surface area contributed by atoms with Crippen LogP contribution in [0.4, 0.5) is 39.5 Å². The minimum Gasteiger partial charge on any atom is -0.206 e. The quantitative estimate of drug-likeness (QED) is 0.179. The molecule has 0 aromatic carbocycles. The number of rotatable bonds is 5. The van der Waals surface area contributed by atoms with Crippen molar-refractivity contribution in [3.8, 4) is 0 Å². The van der Waals surface area contributed by atoms with E-state index in [0.717, 1.165) is 6.08 Å². The number of alkyl halides is 5. The van der Waals surface area contributed by atoms with Gasteiger partial charge in [0.2, 0.25) is 0 Å². The lowest BCUT2D eigenvalue weighted by atomic mass is 10.4. The van der Waals surface area contributed by atoms with Crippen molar-refractivity contribution in [3.05, 3.63) is 48.4 Å². The molecule has 0 aliphatic carbocycles. The van der Waals surface area contributed by atoms with E-state index in [2.05, 4.69) is 38.4 Å². The first-order chi connectivity index (χ1) is 10.8. The molecule has 0 amide bonds. The molecule has 0 saturated carbocycles. The van der Waals surface area contributed by atoms with Gasteiger partial charge >= 0.3 is 17.0 Å². The zero-order valence-electron chi connectivity index (χ0n) is 11.5. The Hall–Kier alpha value is -0.230. The van der Waals surface area contributed by atoms with E-state index in [-0.39, 0.29) is 17.1 Å². The van der Waals surface area contributed by atoms with Crippen molar-refractivity contribution in [3.63, 3.8) is 0 Å². The summed E-state index contributed by atoms with van der Waals surface area (Å²) in [6.45, 7) is 2.77. The average Bonchev–Trinajstić information content (AvgIpc) is 2.47. The van der Waals surface area contributed by atoms with Gasteiger partial charge in [0.25, 0.3) is 0 Å². The molecule has 0 atom stereocenters. The van der Waals surface area contributed by atoms with E-state index in [1.165, 1.54) is 0 Å². The van der Waals surface area contributed by atoms with Gasteiger partial charge < -0.3 is 0 Å². The third-order valence-electron chi connectivity index (χ3n) is 1.41. The highest BCUT2D eigenvalue weighted by molar-refractivity contribution is 9.10. The second kappa shape index (κ2) is 16.2. The molecular formula is C12H10Br3F9. The summed E-state index contributed by atoms with van der Waals surface area (Å²) in [6, 6.07) is 0. The summed E-state index contributed by atoms with van der Waals surface area (Å²) in [5, 5.41) is 0.316. The van der Waals surface area contributed by atoms with Crippen molar-refractivity contribution in [2.24, 2.45) is 0 Å². The van der Waals surface area contributed by atoms with Gasteiger partial charge in [-0.15, -0.1) is 0 Å². The Bertz CT molecular complexity index is 445. The van der Waals surface area contributed by atoms with Crippen LogP contribution in [0.25, 0.3) is 0 Å². The first kappa shape index (κ1) is 28.6. The minimum atomic E-state index is -3.51. The molecule has 24 heavy (non-hydrogen) atoms. The fourth-order valence-corrected chi connectivity index (χ4v) is 1.23. The number of hydrogen-bond donors (Lipinski definition) is 0. The van der Waals surface area contributed by atoms with Crippen LogP contribution in [-0.4, -0.2) is 15.5 Å². The lowest BCUT2D eigenvalue weighted by molar-refractivity contribution is 0.127. The molecule has 0 aromatic heterocycles. The predicted molar refractivity (Wildman–Crippen MR) is 86.2 cm³/mol. The second-order valence-electron chi connectivity index (χ2n) is 3.12. The van der Waals surface area contributed by atoms with Crippen LogP contribution < -0.4 is 0 Å². The summed E-state index contributed by atoms with van der Waals surface area (Å²) in [4.78, 5) is -3.51. The Labute approximate surface area is 157 Å². The summed E-state index contributed by atoms with van der Waals surface area (Å²) in [5.41, 5.74) is 0. The summed E-state index contributed by atoms with van der Waals surface area (Å²) in [6.07, 6.45) is -3.58. The third kappa shape index (κ3) is 19.8. The van der Waals surface area contributed by atoms with Crippen molar-refractivity contribution in [2.45, 2.75) is 11.3 Å². The van der Waals surface area contributed by atoms with Crippen LogP contribution in [0, 0.1) is 0 Å². The van der Waals surface area contributed by atoms with Crippen molar-refractivity contribution >= 4 is 47.8 Å². The predicted octanol–water partition coefficient (Wildman–Crippen LogP) is 8.32. The van der Waals surface area contributed by atoms with Gasteiger partial charge in [-0.1, -0.05) is 38.4 Å².